The van der Waals surface area contributed by atoms with Crippen molar-refractivity contribution >= 4 is 22.7 Å². The number of carbonyl (C=O) groups excluding carboxylic acids is 1. The number of nitro groups is 1. The number of H-pyrrole nitrogens is 1. The van der Waals surface area contributed by atoms with Crippen LogP contribution in [0.3, 0.4) is 0 Å². The molecule has 0 unspecified atom stereocenters. The monoisotopic (exact) mass is 533 g/mol. The zero-order valence-corrected chi connectivity index (χ0v) is 19.6. The van der Waals surface area contributed by atoms with Gasteiger partial charge in [0.05, 0.1) is 4.92 Å². The second kappa shape index (κ2) is 9.82. The molecule has 3 aromatic rings. The van der Waals surface area contributed by atoms with Crippen molar-refractivity contribution in [2.75, 3.05) is 6.54 Å². The second-order valence-corrected chi connectivity index (χ2v) is 8.92. The number of hydrogen-bond donors (Lipinski definition) is 2. The summed E-state index contributed by atoms with van der Waals surface area (Å²) < 4.78 is 91.9. The molecule has 200 valence electrons. The molecule has 37 heavy (non-hydrogen) atoms. The summed E-state index contributed by atoms with van der Waals surface area (Å²) in [5, 5.41) is 13.9. The van der Waals surface area contributed by atoms with E-state index in [9.17, 15) is 41.3 Å². The number of rotatable bonds is 6. The molecule has 1 heterocycles. The van der Waals surface area contributed by atoms with E-state index in [4.69, 9.17) is 9.47 Å². The van der Waals surface area contributed by atoms with E-state index < -0.39 is 51.5 Å². The molecule has 0 spiro atoms. The van der Waals surface area contributed by atoms with E-state index in [1.54, 1.807) is 27.0 Å². The zero-order valence-electron chi connectivity index (χ0n) is 19.6. The maximum absolute atomic E-state index is 13.6. The minimum atomic E-state index is -5.38. The molecule has 0 aliphatic rings. The Labute approximate surface area is 205 Å². The Morgan fingerprint density at radius 1 is 1.03 bits per heavy atom. The SMILES string of the molecule is CC(C)(C)OC(=O)NCCc1c[nH]c2ccc(Oc3c(C(F)(F)F)cc([N+](=O)[O-])cc3C(F)(F)F)cc12. The number of aromatic nitrogens is 1. The van der Waals surface area contributed by atoms with Crippen molar-refractivity contribution in [1.82, 2.24) is 10.3 Å². The van der Waals surface area contributed by atoms with Gasteiger partial charge in [-0.1, -0.05) is 0 Å². The average molecular weight is 533 g/mol. The van der Waals surface area contributed by atoms with Crippen molar-refractivity contribution < 1.29 is 45.5 Å². The van der Waals surface area contributed by atoms with Gasteiger partial charge in [-0.05, 0) is 51.0 Å². The van der Waals surface area contributed by atoms with Gasteiger partial charge < -0.3 is 19.8 Å². The van der Waals surface area contributed by atoms with Crippen LogP contribution in [0.25, 0.3) is 10.9 Å². The van der Waals surface area contributed by atoms with Crippen molar-refractivity contribution in [3.63, 3.8) is 0 Å². The predicted molar refractivity (Wildman–Crippen MR) is 119 cm³/mol. The molecule has 0 fully saturated rings. The third-order valence-corrected chi connectivity index (χ3v) is 4.92. The Morgan fingerprint density at radius 3 is 2.14 bits per heavy atom. The Kier molecular flexibility index (Phi) is 7.33. The fraction of sp³-hybridized carbons (Fsp3) is 0.348. The standard InChI is InChI=1S/C23H21F6N3O5/c1-21(2,3)37-20(33)30-7-6-12-11-31-18-5-4-14(10-15(12)18)36-19-16(22(24,25)26)8-13(32(34)35)9-17(19)23(27,28)29/h4-5,8-11,31H,6-7H2,1-3H3,(H,30,33). The number of hydrogen-bond acceptors (Lipinski definition) is 5. The third-order valence-electron chi connectivity index (χ3n) is 4.92. The first-order chi connectivity index (χ1) is 17.0. The molecule has 8 nitrogen and oxygen atoms in total. The highest BCUT2D eigenvalue weighted by atomic mass is 19.4. The van der Waals surface area contributed by atoms with Crippen LogP contribution in [0.2, 0.25) is 0 Å². The number of ether oxygens (including phenoxy) is 2. The topological polar surface area (TPSA) is 106 Å². The van der Waals surface area contributed by atoms with Gasteiger partial charge in [-0.25, -0.2) is 4.79 Å². The van der Waals surface area contributed by atoms with Crippen LogP contribution in [0.1, 0.15) is 37.5 Å². The van der Waals surface area contributed by atoms with Crippen LogP contribution >= 0.6 is 0 Å². The van der Waals surface area contributed by atoms with Gasteiger partial charge in [0.15, 0.2) is 5.75 Å². The molecule has 0 bridgehead atoms. The molecule has 0 radical (unpaired) electrons. The molecule has 0 atom stereocenters. The highest BCUT2D eigenvalue weighted by molar-refractivity contribution is 5.85. The maximum Gasteiger partial charge on any atom is 0.420 e. The van der Waals surface area contributed by atoms with Gasteiger partial charge in [0, 0.05) is 35.8 Å². The van der Waals surface area contributed by atoms with E-state index in [1.165, 1.54) is 12.1 Å². The first kappa shape index (κ1) is 27.6. The summed E-state index contributed by atoms with van der Waals surface area (Å²) in [5.41, 5.74) is -4.87. The van der Waals surface area contributed by atoms with Gasteiger partial charge in [0.1, 0.15) is 22.5 Å². The quantitative estimate of drug-likeness (QED) is 0.202. The van der Waals surface area contributed by atoms with E-state index in [2.05, 4.69) is 10.3 Å². The molecule has 1 aromatic heterocycles. The van der Waals surface area contributed by atoms with Crippen molar-refractivity contribution in [2.24, 2.45) is 0 Å². The van der Waals surface area contributed by atoms with Gasteiger partial charge in [-0.2, -0.15) is 26.3 Å². The zero-order chi connectivity index (χ0) is 27.8. The molecular weight excluding hydrogens is 512 g/mol. The first-order valence-corrected chi connectivity index (χ1v) is 10.7. The minimum absolute atomic E-state index is 0.00678. The number of aromatic amines is 1. The molecule has 0 aliphatic carbocycles. The molecule has 0 saturated carbocycles. The maximum atomic E-state index is 13.6. The van der Waals surface area contributed by atoms with Crippen LogP contribution in [0.5, 0.6) is 11.5 Å². The summed E-state index contributed by atoms with van der Waals surface area (Å²) in [7, 11) is 0. The first-order valence-electron chi connectivity index (χ1n) is 10.7. The predicted octanol–water partition coefficient (Wildman–Crippen LogP) is 6.97. The molecule has 3 rings (SSSR count). The molecule has 2 aromatic carbocycles. The van der Waals surface area contributed by atoms with E-state index in [0.717, 1.165) is 6.07 Å². The number of non-ortho nitro benzene ring substituents is 1. The van der Waals surface area contributed by atoms with E-state index >= 15 is 0 Å². The summed E-state index contributed by atoms with van der Waals surface area (Å²) in [6.45, 7) is 5.19. The number of nitrogens with one attached hydrogen (secondary N) is 2. The highest BCUT2D eigenvalue weighted by Crippen LogP contribution is 2.48. The molecular formula is C23H21F6N3O5. The van der Waals surface area contributed by atoms with Crippen molar-refractivity contribution in [1.29, 1.82) is 0 Å². The van der Waals surface area contributed by atoms with Crippen molar-refractivity contribution in [3.05, 3.63) is 63.3 Å². The fourth-order valence-electron chi connectivity index (χ4n) is 3.41. The Hall–Kier alpha value is -3.97. The van der Waals surface area contributed by atoms with Crippen LogP contribution in [0.15, 0.2) is 36.5 Å². The van der Waals surface area contributed by atoms with Gasteiger partial charge in [0.25, 0.3) is 5.69 Å². The third kappa shape index (κ3) is 6.83. The van der Waals surface area contributed by atoms with Gasteiger partial charge in [-0.3, -0.25) is 10.1 Å². The fourth-order valence-corrected chi connectivity index (χ4v) is 3.41. The van der Waals surface area contributed by atoms with E-state index in [1.807, 2.05) is 0 Å². The number of amides is 1. The Bertz CT molecular complexity index is 1290. The normalized spacial score (nSPS) is 12.5. The number of benzene rings is 2. The second-order valence-electron chi connectivity index (χ2n) is 8.92. The minimum Gasteiger partial charge on any atom is -0.456 e. The number of fused-ring (bicyclic) bond motifs is 1. The van der Waals surface area contributed by atoms with Gasteiger partial charge >= 0.3 is 18.4 Å². The summed E-state index contributed by atoms with van der Waals surface area (Å²) in [4.78, 5) is 24.3. The van der Waals surface area contributed by atoms with Crippen LogP contribution in [-0.2, 0) is 23.5 Å². The molecule has 0 saturated heterocycles. The molecule has 14 heteroatoms. The lowest BCUT2D eigenvalue weighted by molar-refractivity contribution is -0.385. The highest BCUT2D eigenvalue weighted by Gasteiger charge is 2.44. The van der Waals surface area contributed by atoms with Crippen molar-refractivity contribution in [3.8, 4) is 11.5 Å². The van der Waals surface area contributed by atoms with Gasteiger partial charge in [-0.15, -0.1) is 0 Å². The number of carbonyl (C=O) groups is 1. The van der Waals surface area contributed by atoms with E-state index in [0.29, 0.717) is 16.5 Å². The van der Waals surface area contributed by atoms with Gasteiger partial charge in [0.2, 0.25) is 0 Å². The number of alkyl carbamates (subject to hydrolysis) is 1. The van der Waals surface area contributed by atoms with E-state index in [-0.39, 0.29) is 30.8 Å². The Balaban J connectivity index is 1.96. The van der Waals surface area contributed by atoms with Crippen LogP contribution in [0, 0.1) is 10.1 Å². The summed E-state index contributed by atoms with van der Waals surface area (Å²) in [6, 6.07) is 3.77. The average Bonchev–Trinajstić information content (AvgIpc) is 3.13. The number of halogens is 6. The van der Waals surface area contributed by atoms with Crippen LogP contribution in [0.4, 0.5) is 36.8 Å². The van der Waals surface area contributed by atoms with Crippen molar-refractivity contribution in [2.45, 2.75) is 45.1 Å². The molecule has 1 amide bonds. The lowest BCUT2D eigenvalue weighted by Crippen LogP contribution is -2.33. The van der Waals surface area contributed by atoms with Crippen LogP contribution in [-0.4, -0.2) is 28.1 Å². The largest absolute Gasteiger partial charge is 0.456 e. The Morgan fingerprint density at radius 2 is 1.62 bits per heavy atom. The lowest BCUT2D eigenvalue weighted by Gasteiger charge is -2.19. The molecule has 0 aliphatic heterocycles. The van der Waals surface area contributed by atoms with Crippen LogP contribution < -0.4 is 10.1 Å². The summed E-state index contributed by atoms with van der Waals surface area (Å²) >= 11 is 0. The molecule has 2 N–H and O–H groups in total. The number of nitro benzene ring substituents is 1. The lowest BCUT2D eigenvalue weighted by atomic mass is 10.1. The number of nitrogens with zero attached hydrogens (tertiary/aromatic N) is 1. The summed E-state index contributed by atoms with van der Waals surface area (Å²) in [5.74, 6) is -1.97. The summed E-state index contributed by atoms with van der Waals surface area (Å²) in [6.07, 6.45) is -9.59. The smallest absolute Gasteiger partial charge is 0.420 e. The number of alkyl halides is 6.